The molecule has 1 unspecified atom stereocenters. The highest BCUT2D eigenvalue weighted by Gasteiger charge is 2.31. The molecule has 6 nitrogen and oxygen atoms in total. The lowest BCUT2D eigenvalue weighted by Crippen LogP contribution is -2.27. The van der Waals surface area contributed by atoms with Gasteiger partial charge in [0.05, 0.1) is 6.61 Å². The minimum absolute atomic E-state index is 0.223. The van der Waals surface area contributed by atoms with Crippen LogP contribution < -0.4 is 10.2 Å². The Bertz CT molecular complexity index is 1040. The molecule has 1 N–H and O–H groups in total. The number of fused-ring (bicyclic) bond motifs is 1. The zero-order valence-electron chi connectivity index (χ0n) is 17.5. The Labute approximate surface area is 176 Å². The predicted molar refractivity (Wildman–Crippen MR) is 115 cm³/mol. The van der Waals surface area contributed by atoms with E-state index >= 15 is 0 Å². The molecule has 3 aromatic rings. The molecule has 0 radical (unpaired) electrons. The second-order valence-corrected chi connectivity index (χ2v) is 7.48. The molecule has 7 heteroatoms. The van der Waals surface area contributed by atoms with Crippen LogP contribution in [0.25, 0.3) is 0 Å². The first kappa shape index (κ1) is 20.2. The number of aryl methyl sites for hydroxylation is 1. The average molecular weight is 407 g/mol. The van der Waals surface area contributed by atoms with Gasteiger partial charge < -0.3 is 15.0 Å². The maximum absolute atomic E-state index is 13.5. The molecule has 0 amide bonds. The van der Waals surface area contributed by atoms with Crippen molar-refractivity contribution in [1.82, 2.24) is 15.0 Å². The quantitative estimate of drug-likeness (QED) is 0.626. The van der Waals surface area contributed by atoms with E-state index in [0.717, 1.165) is 23.5 Å². The lowest BCUT2D eigenvalue weighted by Gasteiger charge is -2.23. The number of nitrogens with one attached hydrogen (secondary N) is 1. The van der Waals surface area contributed by atoms with Gasteiger partial charge in [0.15, 0.2) is 0 Å². The van der Waals surface area contributed by atoms with Gasteiger partial charge in [-0.3, -0.25) is 0 Å². The predicted octanol–water partition coefficient (Wildman–Crippen LogP) is 4.41. The zero-order chi connectivity index (χ0) is 21.1. The molecular weight excluding hydrogens is 381 g/mol. The van der Waals surface area contributed by atoms with Crippen molar-refractivity contribution < 1.29 is 9.13 Å². The molecule has 2 heterocycles. The van der Waals surface area contributed by atoms with E-state index in [0.29, 0.717) is 31.5 Å². The first-order valence-corrected chi connectivity index (χ1v) is 10.2. The van der Waals surface area contributed by atoms with Crippen LogP contribution in [0.1, 0.15) is 36.4 Å². The van der Waals surface area contributed by atoms with Gasteiger partial charge in [-0.25, -0.2) is 4.39 Å². The van der Waals surface area contributed by atoms with Crippen LogP contribution in [0.5, 0.6) is 0 Å². The molecule has 0 spiro atoms. The van der Waals surface area contributed by atoms with Gasteiger partial charge in [0.2, 0.25) is 11.9 Å². The van der Waals surface area contributed by atoms with E-state index < -0.39 is 0 Å². The van der Waals surface area contributed by atoms with Crippen molar-refractivity contribution in [3.63, 3.8) is 0 Å². The smallest absolute Gasteiger partial charge is 0.235 e. The minimum atomic E-state index is -0.255. The van der Waals surface area contributed by atoms with Gasteiger partial charge in [0, 0.05) is 31.8 Å². The van der Waals surface area contributed by atoms with E-state index in [-0.39, 0.29) is 11.9 Å². The molecule has 2 aromatic carbocycles. The molecule has 1 atom stereocenters. The number of aromatic nitrogens is 3. The third-order valence-electron chi connectivity index (χ3n) is 5.29. The van der Waals surface area contributed by atoms with E-state index in [4.69, 9.17) is 14.7 Å². The van der Waals surface area contributed by atoms with Crippen LogP contribution in [0, 0.1) is 5.82 Å². The second kappa shape index (κ2) is 8.75. The Hall–Kier alpha value is -3.06. The molecule has 1 aliphatic rings. The van der Waals surface area contributed by atoms with Crippen LogP contribution in [-0.4, -0.2) is 28.1 Å². The highest BCUT2D eigenvalue weighted by atomic mass is 19.1. The summed E-state index contributed by atoms with van der Waals surface area (Å²) in [5.41, 5.74) is 4.42. The van der Waals surface area contributed by atoms with E-state index in [1.807, 2.05) is 19.1 Å². The molecule has 0 bridgehead atoms. The van der Waals surface area contributed by atoms with Gasteiger partial charge in [-0.2, -0.15) is 15.0 Å². The van der Waals surface area contributed by atoms with Gasteiger partial charge >= 0.3 is 0 Å². The van der Waals surface area contributed by atoms with Crippen molar-refractivity contribution in [2.75, 3.05) is 17.3 Å². The molecule has 30 heavy (non-hydrogen) atoms. The molecule has 0 saturated heterocycles. The van der Waals surface area contributed by atoms with Gasteiger partial charge in [-0.15, -0.1) is 0 Å². The van der Waals surface area contributed by atoms with Crippen LogP contribution in [0.15, 0.2) is 42.5 Å². The highest BCUT2D eigenvalue weighted by Crippen LogP contribution is 2.38. The number of hydrogen-bond donors (Lipinski definition) is 1. The number of anilines is 3. The molecular formula is C23H26FN5O. The van der Waals surface area contributed by atoms with E-state index in [1.54, 1.807) is 13.2 Å². The number of nitrogens with zero attached hydrogens (tertiary/aromatic N) is 4. The lowest BCUT2D eigenvalue weighted by atomic mass is 10.0. The summed E-state index contributed by atoms with van der Waals surface area (Å²) >= 11 is 0. The summed E-state index contributed by atoms with van der Waals surface area (Å²) in [7, 11) is 1.71. The number of rotatable bonds is 7. The SMILES string of the molecule is CCc1nc(NCc2cccc(F)c2)nc(N2c3cccc(COC)c3CC2C)n1. The summed E-state index contributed by atoms with van der Waals surface area (Å²) in [6.07, 6.45) is 1.61. The summed E-state index contributed by atoms with van der Waals surface area (Å²) in [6.45, 7) is 5.22. The average Bonchev–Trinajstić information content (AvgIpc) is 3.09. The minimum Gasteiger partial charge on any atom is -0.380 e. The van der Waals surface area contributed by atoms with Gasteiger partial charge in [-0.1, -0.05) is 31.2 Å². The standard InChI is InChI=1S/C23H26FN5O/c1-4-21-26-22(25-13-16-7-5-9-18(24)12-16)28-23(27-21)29-15(2)11-19-17(14-30-3)8-6-10-20(19)29/h5-10,12,15H,4,11,13-14H2,1-3H3,(H,25,26,27,28). The summed E-state index contributed by atoms with van der Waals surface area (Å²) in [6, 6.07) is 13.0. The number of ether oxygens (including phenoxy) is 1. The number of halogens is 1. The van der Waals surface area contributed by atoms with Crippen molar-refractivity contribution in [3.05, 3.63) is 70.8 Å². The zero-order valence-corrected chi connectivity index (χ0v) is 17.5. The van der Waals surface area contributed by atoms with Crippen molar-refractivity contribution in [1.29, 1.82) is 0 Å². The van der Waals surface area contributed by atoms with Gasteiger partial charge in [0.25, 0.3) is 0 Å². The maximum atomic E-state index is 13.5. The van der Waals surface area contributed by atoms with E-state index in [2.05, 4.69) is 34.3 Å². The van der Waals surface area contributed by atoms with Crippen molar-refractivity contribution in [2.45, 2.75) is 45.9 Å². The van der Waals surface area contributed by atoms with Crippen LogP contribution in [0.2, 0.25) is 0 Å². The molecule has 4 rings (SSSR count). The first-order chi connectivity index (χ1) is 14.6. The Balaban J connectivity index is 1.65. The molecule has 0 aliphatic carbocycles. The van der Waals surface area contributed by atoms with Crippen LogP contribution in [0.4, 0.5) is 22.0 Å². The molecule has 0 fully saturated rings. The fraction of sp³-hybridized carbons (Fsp3) is 0.348. The monoisotopic (exact) mass is 407 g/mol. The Morgan fingerprint density at radius 3 is 2.77 bits per heavy atom. The van der Waals surface area contributed by atoms with Crippen LogP contribution in [-0.2, 0) is 30.7 Å². The van der Waals surface area contributed by atoms with Crippen LogP contribution >= 0.6 is 0 Å². The van der Waals surface area contributed by atoms with Crippen molar-refractivity contribution in [2.24, 2.45) is 0 Å². The fourth-order valence-electron chi connectivity index (χ4n) is 3.88. The first-order valence-electron chi connectivity index (χ1n) is 10.2. The molecule has 156 valence electrons. The van der Waals surface area contributed by atoms with Crippen LogP contribution in [0.3, 0.4) is 0 Å². The topological polar surface area (TPSA) is 63.2 Å². The summed E-state index contributed by atoms with van der Waals surface area (Å²) in [5, 5.41) is 3.22. The normalized spacial score (nSPS) is 15.3. The summed E-state index contributed by atoms with van der Waals surface area (Å²) < 4.78 is 18.8. The van der Waals surface area contributed by atoms with Gasteiger partial charge in [-0.05, 0) is 48.2 Å². The van der Waals surface area contributed by atoms with E-state index in [1.165, 1.54) is 23.3 Å². The van der Waals surface area contributed by atoms with Gasteiger partial charge in [0.1, 0.15) is 11.6 Å². The molecule has 0 saturated carbocycles. The number of methoxy groups -OCH3 is 1. The van der Waals surface area contributed by atoms with E-state index in [9.17, 15) is 4.39 Å². The third-order valence-corrected chi connectivity index (χ3v) is 5.29. The Kier molecular flexibility index (Phi) is 5.90. The molecule has 1 aliphatic heterocycles. The largest absolute Gasteiger partial charge is 0.380 e. The summed E-state index contributed by atoms with van der Waals surface area (Å²) in [5.74, 6) is 1.59. The number of hydrogen-bond acceptors (Lipinski definition) is 6. The van der Waals surface area contributed by atoms with Crippen molar-refractivity contribution >= 4 is 17.6 Å². The summed E-state index contributed by atoms with van der Waals surface area (Å²) in [4.78, 5) is 16.1. The Morgan fingerprint density at radius 2 is 2.00 bits per heavy atom. The maximum Gasteiger partial charge on any atom is 0.235 e. The van der Waals surface area contributed by atoms with Crippen molar-refractivity contribution in [3.8, 4) is 0 Å². The third kappa shape index (κ3) is 4.11. The Morgan fingerprint density at radius 1 is 1.17 bits per heavy atom. The fourth-order valence-corrected chi connectivity index (χ4v) is 3.88. The second-order valence-electron chi connectivity index (χ2n) is 7.48. The molecule has 1 aromatic heterocycles. The lowest BCUT2D eigenvalue weighted by molar-refractivity contribution is 0.184. The highest BCUT2D eigenvalue weighted by molar-refractivity contribution is 5.69. The number of benzene rings is 2.